The molecule has 2 aromatic heterocycles. The summed E-state index contributed by atoms with van der Waals surface area (Å²) in [7, 11) is 2.98. The molecule has 16 heteroatoms. The van der Waals surface area contributed by atoms with E-state index in [2.05, 4.69) is 20.4 Å². The summed E-state index contributed by atoms with van der Waals surface area (Å²) >= 11 is 0. The Labute approximate surface area is 310 Å². The number of methoxy groups -OCH3 is 2. The third-order valence-electron chi connectivity index (χ3n) is 9.70. The summed E-state index contributed by atoms with van der Waals surface area (Å²) in [6.07, 6.45) is -0.296. The van der Waals surface area contributed by atoms with Crippen LogP contribution in [0.15, 0.2) is 42.6 Å². The molecule has 1 N–H and O–H groups in total. The number of alkyl halides is 2. The smallest absolute Gasteiger partial charge is 0.435 e. The summed E-state index contributed by atoms with van der Waals surface area (Å²) in [5.41, 5.74) is -0.553. The third-order valence-corrected chi connectivity index (χ3v) is 9.70. The minimum Gasteiger partial charge on any atom is -0.497 e. The van der Waals surface area contributed by atoms with Gasteiger partial charge in [-0.1, -0.05) is 6.07 Å². The molecule has 3 aliphatic rings. The Bertz CT molecular complexity index is 2170. The van der Waals surface area contributed by atoms with Gasteiger partial charge in [-0.25, -0.2) is 28.3 Å². The van der Waals surface area contributed by atoms with E-state index in [0.717, 1.165) is 15.1 Å². The second kappa shape index (κ2) is 12.8. The summed E-state index contributed by atoms with van der Waals surface area (Å²) < 4.78 is 51.3. The van der Waals surface area contributed by atoms with Crippen molar-refractivity contribution >= 4 is 52.3 Å². The number of hydrogen-bond acceptors (Lipinski definition) is 12. The largest absolute Gasteiger partial charge is 0.497 e. The molecule has 0 unspecified atom stereocenters. The number of fused-ring (bicyclic) bond motifs is 3. The van der Waals surface area contributed by atoms with Crippen molar-refractivity contribution in [2.75, 3.05) is 42.4 Å². The van der Waals surface area contributed by atoms with Crippen LogP contribution in [0.1, 0.15) is 77.8 Å². The van der Waals surface area contributed by atoms with Gasteiger partial charge in [-0.05, 0) is 89.4 Å². The van der Waals surface area contributed by atoms with E-state index in [1.807, 2.05) is 6.07 Å². The van der Waals surface area contributed by atoms with Crippen molar-refractivity contribution in [3.8, 4) is 11.5 Å². The molecule has 54 heavy (non-hydrogen) atoms. The molecule has 0 bridgehead atoms. The molecule has 2 amide bonds. The van der Waals surface area contributed by atoms with Gasteiger partial charge in [0.2, 0.25) is 11.9 Å². The second-order valence-corrected chi connectivity index (χ2v) is 15.8. The number of imide groups is 1. The van der Waals surface area contributed by atoms with E-state index < -0.39 is 40.6 Å². The van der Waals surface area contributed by atoms with Gasteiger partial charge in [-0.15, -0.1) is 5.10 Å². The van der Waals surface area contributed by atoms with E-state index >= 15 is 0 Å². The topological polar surface area (TPSA) is 150 Å². The highest BCUT2D eigenvalue weighted by molar-refractivity contribution is 6.23. The van der Waals surface area contributed by atoms with Crippen molar-refractivity contribution in [2.24, 2.45) is 0 Å². The number of nitrogens with one attached hydrogen (secondary N) is 1. The molecule has 0 radical (unpaired) electrons. The van der Waals surface area contributed by atoms with Gasteiger partial charge in [-0.3, -0.25) is 4.79 Å². The number of carbonyl (C=O) groups is 3. The molecule has 14 nitrogen and oxygen atoms in total. The highest BCUT2D eigenvalue weighted by atomic mass is 19.3. The number of rotatable bonds is 6. The van der Waals surface area contributed by atoms with E-state index in [9.17, 15) is 23.2 Å². The zero-order valence-electron chi connectivity index (χ0n) is 31.5. The Morgan fingerprint density at radius 2 is 1.59 bits per heavy atom. The maximum Gasteiger partial charge on any atom is 0.435 e. The molecular formula is C38H43F2N7O7. The first kappa shape index (κ1) is 36.8. The van der Waals surface area contributed by atoms with Crippen LogP contribution in [-0.2, 0) is 19.7 Å². The highest BCUT2D eigenvalue weighted by Gasteiger charge is 2.68. The van der Waals surface area contributed by atoms with Gasteiger partial charge >= 0.3 is 12.2 Å². The molecule has 2 aliphatic heterocycles. The van der Waals surface area contributed by atoms with Crippen molar-refractivity contribution in [1.29, 1.82) is 0 Å². The van der Waals surface area contributed by atoms with Crippen molar-refractivity contribution in [3.05, 3.63) is 53.7 Å². The van der Waals surface area contributed by atoms with E-state index in [1.165, 1.54) is 20.4 Å². The van der Waals surface area contributed by atoms with Gasteiger partial charge in [0.15, 0.2) is 17.4 Å². The number of halogens is 2. The summed E-state index contributed by atoms with van der Waals surface area (Å²) in [5, 5.41) is 8.30. The van der Waals surface area contributed by atoms with Crippen LogP contribution in [0.3, 0.4) is 0 Å². The van der Waals surface area contributed by atoms with Crippen molar-refractivity contribution in [3.63, 3.8) is 0 Å². The quantitative estimate of drug-likeness (QED) is 0.211. The lowest BCUT2D eigenvalue weighted by molar-refractivity contribution is -0.120. The lowest BCUT2D eigenvalue weighted by atomic mass is 9.91. The molecule has 1 saturated heterocycles. The number of carbonyl (C=O) groups excluding carboxylic acids is 3. The number of piperidine rings is 1. The van der Waals surface area contributed by atoms with Crippen LogP contribution in [0.4, 0.5) is 41.6 Å². The second-order valence-electron chi connectivity index (χ2n) is 15.8. The minimum atomic E-state index is -2.74. The molecule has 7 rings (SSSR count). The Balaban J connectivity index is 1.27. The highest BCUT2D eigenvalue weighted by Crippen LogP contribution is 2.67. The fourth-order valence-corrected chi connectivity index (χ4v) is 7.09. The maximum absolute atomic E-state index is 14.3. The summed E-state index contributed by atoms with van der Waals surface area (Å²) in [5.74, 6) is -2.02. The fraction of sp³-hybridized carbons (Fsp3) is 0.474. The third kappa shape index (κ3) is 6.62. The number of anilines is 4. The van der Waals surface area contributed by atoms with Crippen LogP contribution in [0.2, 0.25) is 0 Å². The van der Waals surface area contributed by atoms with Gasteiger partial charge < -0.3 is 29.2 Å². The molecule has 1 saturated carbocycles. The summed E-state index contributed by atoms with van der Waals surface area (Å²) in [6.45, 7) is 10.6. The van der Waals surface area contributed by atoms with Crippen LogP contribution >= 0.6 is 0 Å². The van der Waals surface area contributed by atoms with Crippen LogP contribution in [0.25, 0.3) is 10.9 Å². The predicted octanol–water partition coefficient (Wildman–Crippen LogP) is 7.31. The first-order valence-corrected chi connectivity index (χ1v) is 17.7. The number of amides is 2. The number of benzene rings is 2. The van der Waals surface area contributed by atoms with E-state index in [4.69, 9.17) is 18.9 Å². The predicted molar refractivity (Wildman–Crippen MR) is 195 cm³/mol. The Morgan fingerprint density at radius 3 is 2.24 bits per heavy atom. The first-order chi connectivity index (χ1) is 25.3. The van der Waals surface area contributed by atoms with Crippen LogP contribution in [-0.4, -0.2) is 82.3 Å². The average Bonchev–Trinajstić information content (AvgIpc) is 3.68. The fourth-order valence-electron chi connectivity index (χ4n) is 7.09. The van der Waals surface area contributed by atoms with Crippen LogP contribution in [0.5, 0.6) is 11.5 Å². The monoisotopic (exact) mass is 747 g/mol. The molecule has 1 aliphatic carbocycles. The SMILES string of the molecule is COc1ccc2c(c1)[C@]1(C[C@H]1c1ccc3c(Nc4nc(N5CCC(F)(F)CC5)ncc4OC)nn(C(=O)OC(C)(C)C)c3c1)C(=O)N2C(=O)OC(C)(C)C. The Kier molecular flexibility index (Phi) is 8.72. The molecule has 4 aromatic rings. The molecule has 286 valence electrons. The summed E-state index contributed by atoms with van der Waals surface area (Å²) in [6, 6.07) is 10.6. The lowest BCUT2D eigenvalue weighted by Crippen LogP contribution is -2.41. The van der Waals surface area contributed by atoms with E-state index in [-0.39, 0.29) is 55.2 Å². The normalized spacial score (nSPS) is 20.6. The number of nitrogens with zero attached hydrogens (tertiary/aromatic N) is 6. The Hall–Kier alpha value is -5.54. The number of aromatic nitrogens is 4. The molecule has 2 aromatic carbocycles. The number of ether oxygens (including phenoxy) is 4. The van der Waals surface area contributed by atoms with Gasteiger partial charge in [0.1, 0.15) is 17.0 Å². The molecule has 2 fully saturated rings. The van der Waals surface area contributed by atoms with Crippen molar-refractivity contribution < 1.29 is 42.1 Å². The zero-order chi connectivity index (χ0) is 39.0. The van der Waals surface area contributed by atoms with Gasteiger partial charge in [0.05, 0.1) is 37.0 Å². The average molecular weight is 748 g/mol. The van der Waals surface area contributed by atoms with Crippen LogP contribution in [0, 0.1) is 0 Å². The van der Waals surface area contributed by atoms with Crippen molar-refractivity contribution in [2.45, 2.75) is 89.3 Å². The number of hydrogen-bond donors (Lipinski definition) is 1. The molecule has 2 atom stereocenters. The maximum atomic E-state index is 14.3. The van der Waals surface area contributed by atoms with Gasteiger partial charge in [0.25, 0.3) is 5.92 Å². The van der Waals surface area contributed by atoms with Crippen molar-refractivity contribution in [1.82, 2.24) is 19.7 Å². The Morgan fingerprint density at radius 1 is 0.907 bits per heavy atom. The van der Waals surface area contributed by atoms with Gasteiger partial charge in [-0.2, -0.15) is 9.67 Å². The molecule has 4 heterocycles. The first-order valence-electron chi connectivity index (χ1n) is 17.7. The van der Waals surface area contributed by atoms with E-state index in [1.54, 1.807) is 76.8 Å². The van der Waals surface area contributed by atoms with E-state index in [0.29, 0.717) is 34.3 Å². The lowest BCUT2D eigenvalue weighted by Gasteiger charge is -2.31. The standard InChI is InChI=1S/C38H43F2N7O7/c1-35(2,3)53-33(49)46-26-12-10-22(51-7)18-24(26)38(31(46)48)19-25(38)21-9-11-23-27(17-21)47(34(50)54-36(4,5)6)44-29(23)42-30-28(52-8)20-41-32(43-30)45-15-13-37(39,40)14-16-45/h9-12,17-18,20,25H,13-16,19H2,1-8H3,(H,41,42,43,44)/t25-,38-/m0/s1. The molecular weight excluding hydrogens is 704 g/mol. The minimum absolute atomic E-state index is 0.0791. The summed E-state index contributed by atoms with van der Waals surface area (Å²) in [4.78, 5) is 53.1. The van der Waals surface area contributed by atoms with Gasteiger partial charge in [0, 0.05) is 37.2 Å². The molecule has 1 spiro atoms. The van der Waals surface area contributed by atoms with Crippen LogP contribution < -0.4 is 24.6 Å². The zero-order valence-corrected chi connectivity index (χ0v) is 31.5.